The molecule has 0 radical (unpaired) electrons. The first-order valence-corrected chi connectivity index (χ1v) is 8.71. The summed E-state index contributed by atoms with van der Waals surface area (Å²) >= 11 is 0. The van der Waals surface area contributed by atoms with Crippen molar-refractivity contribution in [2.24, 2.45) is 17.8 Å². The van der Waals surface area contributed by atoms with Crippen LogP contribution in [0.4, 0.5) is 0 Å². The molecule has 0 heteroatoms. The lowest BCUT2D eigenvalue weighted by molar-refractivity contribution is 0.523. The molecule has 0 aromatic rings. The van der Waals surface area contributed by atoms with Crippen LogP contribution in [0.5, 0.6) is 0 Å². The van der Waals surface area contributed by atoms with Crippen LogP contribution in [0.2, 0.25) is 0 Å². The average Bonchev–Trinajstić information content (AvgIpc) is 3.19. The maximum atomic E-state index is 2.56. The quantitative estimate of drug-likeness (QED) is 0.405. The normalized spacial score (nSPS) is 25.9. The number of rotatable bonds is 10. The summed E-state index contributed by atoms with van der Waals surface area (Å²) in [6.07, 6.45) is 21.7. The van der Waals surface area contributed by atoms with Crippen LogP contribution in [0, 0.1) is 17.8 Å². The minimum Gasteiger partial charge on any atom is -0.0805 e. The minimum atomic E-state index is 0.790. The van der Waals surface area contributed by atoms with E-state index in [0.717, 1.165) is 17.8 Å². The molecule has 0 heterocycles. The van der Waals surface area contributed by atoms with Crippen molar-refractivity contribution in [1.82, 2.24) is 0 Å². The van der Waals surface area contributed by atoms with Gasteiger partial charge in [-0.1, -0.05) is 83.4 Å². The number of hydrogen-bond donors (Lipinski definition) is 0. The van der Waals surface area contributed by atoms with Gasteiger partial charge in [-0.3, -0.25) is 0 Å². The first kappa shape index (κ1) is 14.9. The van der Waals surface area contributed by atoms with Gasteiger partial charge >= 0.3 is 0 Å². The molecule has 108 valence electrons. The molecule has 0 saturated heterocycles. The monoisotopic (exact) mass is 260 g/mol. The molecule has 1 saturated carbocycles. The molecule has 0 bridgehead atoms. The van der Waals surface area contributed by atoms with E-state index in [1.165, 1.54) is 64.2 Å². The molecule has 0 aromatic carbocycles. The zero-order valence-electron chi connectivity index (χ0n) is 13.0. The molecule has 2 aliphatic rings. The Labute approximate surface area is 120 Å². The molecule has 2 rings (SSSR count). The third kappa shape index (κ3) is 5.16. The molecule has 2 aliphatic carbocycles. The Balaban J connectivity index is 1.48. The summed E-state index contributed by atoms with van der Waals surface area (Å²) in [5.74, 6) is 2.62. The van der Waals surface area contributed by atoms with Crippen molar-refractivity contribution in [3.63, 3.8) is 0 Å². The molecular weight excluding hydrogens is 228 g/mol. The van der Waals surface area contributed by atoms with Crippen LogP contribution in [0.1, 0.15) is 78.1 Å². The third-order valence-electron chi connectivity index (χ3n) is 4.89. The van der Waals surface area contributed by atoms with Crippen molar-refractivity contribution in [3.05, 3.63) is 23.8 Å². The van der Waals surface area contributed by atoms with Gasteiger partial charge in [-0.25, -0.2) is 0 Å². The van der Waals surface area contributed by atoms with Crippen molar-refractivity contribution in [1.29, 1.82) is 0 Å². The molecule has 19 heavy (non-hydrogen) atoms. The Kier molecular flexibility index (Phi) is 6.20. The fourth-order valence-corrected chi connectivity index (χ4v) is 3.27. The Morgan fingerprint density at radius 3 is 2.37 bits per heavy atom. The smallest absolute Gasteiger partial charge is 0.0158 e. The van der Waals surface area contributed by atoms with E-state index < -0.39 is 0 Å². The number of allylic oxidation sites excluding steroid dienone is 4. The van der Waals surface area contributed by atoms with Crippen LogP contribution in [-0.2, 0) is 0 Å². The highest BCUT2D eigenvalue weighted by atomic mass is 14.4. The van der Waals surface area contributed by atoms with Crippen LogP contribution < -0.4 is 0 Å². The first-order chi connectivity index (χ1) is 9.31. The number of fused-ring (bicyclic) bond motifs is 1. The highest BCUT2D eigenvalue weighted by Gasteiger charge is 2.35. The van der Waals surface area contributed by atoms with Crippen molar-refractivity contribution >= 4 is 0 Å². The van der Waals surface area contributed by atoms with Crippen molar-refractivity contribution in [2.75, 3.05) is 0 Å². The second-order valence-electron chi connectivity index (χ2n) is 6.75. The lowest BCUT2D eigenvalue weighted by Gasteiger charge is -2.15. The number of hydrogen-bond acceptors (Lipinski definition) is 0. The van der Waals surface area contributed by atoms with Gasteiger partial charge in [-0.05, 0) is 36.2 Å². The van der Waals surface area contributed by atoms with Gasteiger partial charge in [0.1, 0.15) is 0 Å². The zero-order chi connectivity index (χ0) is 13.5. The summed E-state index contributed by atoms with van der Waals surface area (Å²) in [7, 11) is 0. The molecule has 3 atom stereocenters. The van der Waals surface area contributed by atoms with Gasteiger partial charge in [0.05, 0.1) is 0 Å². The summed E-state index contributed by atoms with van der Waals surface area (Å²) in [4.78, 5) is 0. The Morgan fingerprint density at radius 1 is 1.00 bits per heavy atom. The SMILES string of the molecule is CCCCCCCCCCC(C)C1=CC2CC2C=C1. The summed E-state index contributed by atoms with van der Waals surface area (Å²) in [6.45, 7) is 4.71. The van der Waals surface area contributed by atoms with Crippen molar-refractivity contribution in [2.45, 2.75) is 78.1 Å². The Morgan fingerprint density at radius 2 is 1.68 bits per heavy atom. The topological polar surface area (TPSA) is 0 Å². The van der Waals surface area contributed by atoms with Gasteiger partial charge in [0.15, 0.2) is 0 Å². The van der Waals surface area contributed by atoms with Gasteiger partial charge in [0.2, 0.25) is 0 Å². The van der Waals surface area contributed by atoms with E-state index in [4.69, 9.17) is 0 Å². The predicted molar refractivity (Wildman–Crippen MR) is 85.2 cm³/mol. The predicted octanol–water partition coefficient (Wildman–Crippen LogP) is 6.29. The molecule has 3 unspecified atom stereocenters. The van der Waals surface area contributed by atoms with Crippen LogP contribution in [0.3, 0.4) is 0 Å². The van der Waals surface area contributed by atoms with Gasteiger partial charge in [-0.2, -0.15) is 0 Å². The second-order valence-corrected chi connectivity index (χ2v) is 6.75. The average molecular weight is 260 g/mol. The maximum Gasteiger partial charge on any atom is -0.0158 e. The molecule has 0 aliphatic heterocycles. The lowest BCUT2D eigenvalue weighted by atomic mass is 9.91. The third-order valence-corrected chi connectivity index (χ3v) is 4.89. The second kappa shape index (κ2) is 7.92. The number of unbranched alkanes of at least 4 members (excludes halogenated alkanes) is 7. The highest BCUT2D eigenvalue weighted by Crippen LogP contribution is 2.45. The Bertz CT molecular complexity index is 310. The summed E-state index contributed by atoms with van der Waals surface area (Å²) < 4.78 is 0. The highest BCUT2D eigenvalue weighted by molar-refractivity contribution is 5.32. The molecule has 0 spiro atoms. The molecule has 0 amide bonds. The fourth-order valence-electron chi connectivity index (χ4n) is 3.27. The molecular formula is C19H32. The Hall–Kier alpha value is -0.520. The molecule has 0 N–H and O–H groups in total. The summed E-state index contributed by atoms with van der Waals surface area (Å²) in [6, 6.07) is 0. The van der Waals surface area contributed by atoms with Crippen LogP contribution in [0.15, 0.2) is 23.8 Å². The van der Waals surface area contributed by atoms with Crippen LogP contribution in [0.25, 0.3) is 0 Å². The van der Waals surface area contributed by atoms with Gasteiger partial charge in [0, 0.05) is 0 Å². The molecule has 1 fully saturated rings. The van der Waals surface area contributed by atoms with Gasteiger partial charge in [-0.15, -0.1) is 0 Å². The van der Waals surface area contributed by atoms with Crippen molar-refractivity contribution in [3.8, 4) is 0 Å². The first-order valence-electron chi connectivity index (χ1n) is 8.71. The lowest BCUT2D eigenvalue weighted by Crippen LogP contribution is -2.00. The van der Waals surface area contributed by atoms with E-state index in [1.54, 1.807) is 5.57 Å². The van der Waals surface area contributed by atoms with E-state index in [2.05, 4.69) is 32.1 Å². The largest absolute Gasteiger partial charge is 0.0805 e. The van der Waals surface area contributed by atoms with Crippen LogP contribution in [-0.4, -0.2) is 0 Å². The maximum absolute atomic E-state index is 2.56. The van der Waals surface area contributed by atoms with Gasteiger partial charge < -0.3 is 0 Å². The van der Waals surface area contributed by atoms with E-state index in [-0.39, 0.29) is 0 Å². The standard InChI is InChI=1S/C19H32/c1-3-4-5-6-7-8-9-10-11-16(2)17-12-13-18-15-19(18)14-17/h12-14,16,18-19H,3-11,15H2,1-2H3. The van der Waals surface area contributed by atoms with Crippen molar-refractivity contribution < 1.29 is 0 Å². The van der Waals surface area contributed by atoms with Gasteiger partial charge in [0.25, 0.3) is 0 Å². The summed E-state index contributed by atoms with van der Waals surface area (Å²) in [5, 5.41) is 0. The van der Waals surface area contributed by atoms with Crippen LogP contribution >= 0.6 is 0 Å². The van der Waals surface area contributed by atoms with E-state index >= 15 is 0 Å². The van der Waals surface area contributed by atoms with E-state index in [1.807, 2.05) is 0 Å². The van der Waals surface area contributed by atoms with E-state index in [0.29, 0.717) is 0 Å². The minimum absolute atomic E-state index is 0.790. The summed E-state index contributed by atoms with van der Waals surface area (Å²) in [5.41, 5.74) is 1.63. The molecule has 0 nitrogen and oxygen atoms in total. The van der Waals surface area contributed by atoms with E-state index in [9.17, 15) is 0 Å². The zero-order valence-corrected chi connectivity index (χ0v) is 13.0. The fraction of sp³-hybridized carbons (Fsp3) is 0.789. The molecule has 0 aromatic heterocycles.